The Labute approximate surface area is 62.0 Å². The molecule has 0 radical (unpaired) electrons. The molecule has 2 rings (SSSR count). The number of epoxide rings is 1. The lowest BCUT2D eigenvalue weighted by atomic mass is 10.4. The van der Waals surface area contributed by atoms with E-state index < -0.39 is 0 Å². The van der Waals surface area contributed by atoms with E-state index in [2.05, 4.69) is 4.12 Å². The Morgan fingerprint density at radius 3 is 1.78 bits per heavy atom. The molecule has 0 aromatic carbocycles. The van der Waals surface area contributed by atoms with Crippen molar-refractivity contribution in [3.05, 3.63) is 0 Å². The minimum absolute atomic E-state index is 0.713. The van der Waals surface area contributed by atoms with E-state index in [4.69, 9.17) is 4.74 Å². The van der Waals surface area contributed by atoms with Crippen molar-refractivity contribution < 1.29 is 8.85 Å². The second kappa shape index (κ2) is 3.50. The third-order valence-corrected chi connectivity index (χ3v) is 1.66. The Morgan fingerprint density at radius 1 is 1.22 bits per heavy atom. The number of rotatable bonds is 0. The van der Waals surface area contributed by atoms with Crippen molar-refractivity contribution in [3.63, 3.8) is 0 Å². The first kappa shape index (κ1) is 7.46. The molecular formula is C5H14O2Si2. The molecule has 2 atom stereocenters. The summed E-state index contributed by atoms with van der Waals surface area (Å²) >= 11 is 0. The van der Waals surface area contributed by atoms with Crippen molar-refractivity contribution in [2.45, 2.75) is 31.5 Å². The molecule has 1 aliphatic heterocycles. The smallest absolute Gasteiger partial charge is 0.129 e. The van der Waals surface area contributed by atoms with Gasteiger partial charge in [-0.05, 0) is 19.3 Å². The minimum atomic E-state index is 0.713. The molecular weight excluding hydrogens is 148 g/mol. The maximum atomic E-state index is 5.15. The summed E-state index contributed by atoms with van der Waals surface area (Å²) in [7, 11) is 1.86. The zero-order valence-corrected chi connectivity index (χ0v) is 10.1. The van der Waals surface area contributed by atoms with E-state index in [0.29, 0.717) is 12.2 Å². The van der Waals surface area contributed by atoms with Gasteiger partial charge in [0.2, 0.25) is 0 Å². The summed E-state index contributed by atoms with van der Waals surface area (Å²) in [5, 5.41) is 0. The van der Waals surface area contributed by atoms with E-state index in [1.807, 2.05) is 0 Å². The lowest BCUT2D eigenvalue weighted by molar-refractivity contribution is 0.322. The SMILES string of the molecule is C1CC2OC2C1.[SiH3]O[SiH3]. The quantitative estimate of drug-likeness (QED) is 0.319. The van der Waals surface area contributed by atoms with Gasteiger partial charge in [-0.2, -0.15) is 0 Å². The predicted octanol–water partition coefficient (Wildman–Crippen LogP) is -1.50. The van der Waals surface area contributed by atoms with Crippen molar-refractivity contribution in [2.24, 2.45) is 0 Å². The summed E-state index contributed by atoms with van der Waals surface area (Å²) in [5.74, 6) is 0. The van der Waals surface area contributed by atoms with Gasteiger partial charge in [-0.15, -0.1) is 0 Å². The second-order valence-electron chi connectivity index (χ2n) is 2.55. The van der Waals surface area contributed by atoms with E-state index in [1.54, 1.807) is 0 Å². The van der Waals surface area contributed by atoms with E-state index in [9.17, 15) is 0 Å². The molecule has 1 aliphatic carbocycles. The molecule has 2 nitrogen and oxygen atoms in total. The van der Waals surface area contributed by atoms with Gasteiger partial charge in [-0.1, -0.05) is 0 Å². The molecule has 1 saturated carbocycles. The fourth-order valence-electron chi connectivity index (χ4n) is 1.21. The molecule has 0 N–H and O–H groups in total. The maximum Gasteiger partial charge on any atom is 0.129 e. The average Bonchev–Trinajstić information content (AvgIpc) is 2.43. The van der Waals surface area contributed by atoms with Crippen LogP contribution in [-0.4, -0.2) is 33.2 Å². The van der Waals surface area contributed by atoms with Crippen LogP contribution < -0.4 is 0 Å². The Morgan fingerprint density at radius 2 is 1.67 bits per heavy atom. The molecule has 4 heteroatoms. The first-order valence-corrected chi connectivity index (χ1v) is 5.07. The maximum absolute atomic E-state index is 5.15. The van der Waals surface area contributed by atoms with Gasteiger partial charge in [-0.25, -0.2) is 0 Å². The largest absolute Gasteiger partial charge is 0.471 e. The minimum Gasteiger partial charge on any atom is -0.471 e. The van der Waals surface area contributed by atoms with Gasteiger partial charge in [0, 0.05) is 0 Å². The summed E-state index contributed by atoms with van der Waals surface area (Å²) in [6, 6.07) is 0. The van der Waals surface area contributed by atoms with Gasteiger partial charge in [0.05, 0.1) is 12.2 Å². The van der Waals surface area contributed by atoms with E-state index in [-0.39, 0.29) is 0 Å². The number of fused-ring (bicyclic) bond motifs is 1. The third kappa shape index (κ3) is 2.21. The molecule has 9 heavy (non-hydrogen) atoms. The molecule has 0 spiro atoms. The molecule has 2 unspecified atom stereocenters. The van der Waals surface area contributed by atoms with E-state index in [0.717, 1.165) is 21.0 Å². The summed E-state index contributed by atoms with van der Waals surface area (Å²) in [6.45, 7) is 0. The topological polar surface area (TPSA) is 21.8 Å². The highest BCUT2D eigenvalue weighted by molar-refractivity contribution is 6.15. The van der Waals surface area contributed by atoms with Crippen LogP contribution in [-0.2, 0) is 8.85 Å². The molecule has 2 fully saturated rings. The standard InChI is InChI=1S/C5H8O.H6OSi2/c1-2-4-5(3-1)6-4;2-1-3/h4-5H,1-3H2;2-3H3. The Kier molecular flexibility index (Phi) is 2.91. The fourth-order valence-corrected chi connectivity index (χ4v) is 1.21. The zero-order valence-electron chi connectivity index (χ0n) is 6.09. The van der Waals surface area contributed by atoms with Crippen molar-refractivity contribution in [1.82, 2.24) is 0 Å². The van der Waals surface area contributed by atoms with Gasteiger partial charge >= 0.3 is 0 Å². The molecule has 1 heterocycles. The first-order valence-electron chi connectivity index (χ1n) is 3.44. The van der Waals surface area contributed by atoms with Gasteiger partial charge in [0.15, 0.2) is 0 Å². The van der Waals surface area contributed by atoms with Crippen LogP contribution in [0.15, 0.2) is 0 Å². The van der Waals surface area contributed by atoms with Crippen molar-refractivity contribution >= 4 is 21.0 Å². The first-order chi connectivity index (χ1) is 4.38. The van der Waals surface area contributed by atoms with Crippen LogP contribution >= 0.6 is 0 Å². The Balaban J connectivity index is 0.000000120. The monoisotopic (exact) mass is 162 g/mol. The lowest BCUT2D eigenvalue weighted by Gasteiger charge is -1.81. The van der Waals surface area contributed by atoms with E-state index in [1.165, 1.54) is 19.3 Å². The van der Waals surface area contributed by atoms with Crippen LogP contribution in [0.1, 0.15) is 19.3 Å². The van der Waals surface area contributed by atoms with Crippen LogP contribution in [0.25, 0.3) is 0 Å². The summed E-state index contributed by atoms with van der Waals surface area (Å²) < 4.78 is 9.68. The Hall–Kier alpha value is 0.354. The van der Waals surface area contributed by atoms with Gasteiger partial charge in [0.1, 0.15) is 21.0 Å². The molecule has 0 aromatic heterocycles. The molecule has 2 aliphatic rings. The highest BCUT2D eigenvalue weighted by Crippen LogP contribution is 2.37. The van der Waals surface area contributed by atoms with Gasteiger partial charge in [0.25, 0.3) is 0 Å². The number of hydrogen-bond donors (Lipinski definition) is 0. The molecule has 1 saturated heterocycles. The molecule has 0 amide bonds. The lowest BCUT2D eigenvalue weighted by Crippen LogP contribution is -1.74. The van der Waals surface area contributed by atoms with Crippen LogP contribution in [0.3, 0.4) is 0 Å². The predicted molar refractivity (Wildman–Crippen MR) is 43.5 cm³/mol. The zero-order chi connectivity index (χ0) is 6.69. The summed E-state index contributed by atoms with van der Waals surface area (Å²) in [6.07, 6.45) is 5.51. The van der Waals surface area contributed by atoms with Gasteiger partial charge < -0.3 is 8.85 Å². The number of hydrogen-bond acceptors (Lipinski definition) is 2. The van der Waals surface area contributed by atoms with Crippen LogP contribution in [0, 0.1) is 0 Å². The highest BCUT2D eigenvalue weighted by Gasteiger charge is 2.42. The van der Waals surface area contributed by atoms with Crippen LogP contribution in [0.2, 0.25) is 0 Å². The normalized spacial score (nSPS) is 37.3. The van der Waals surface area contributed by atoms with Crippen molar-refractivity contribution in [2.75, 3.05) is 0 Å². The fraction of sp³-hybridized carbons (Fsp3) is 1.00. The molecule has 0 aromatic rings. The summed E-state index contributed by atoms with van der Waals surface area (Å²) in [5.41, 5.74) is 0. The van der Waals surface area contributed by atoms with Gasteiger partial charge in [-0.3, -0.25) is 0 Å². The highest BCUT2D eigenvalue weighted by atomic mass is 28.3. The van der Waals surface area contributed by atoms with Crippen LogP contribution in [0.5, 0.6) is 0 Å². The average molecular weight is 162 g/mol. The van der Waals surface area contributed by atoms with Crippen LogP contribution in [0.4, 0.5) is 0 Å². The van der Waals surface area contributed by atoms with E-state index >= 15 is 0 Å². The third-order valence-electron chi connectivity index (χ3n) is 1.66. The van der Waals surface area contributed by atoms with Crippen molar-refractivity contribution in [1.29, 1.82) is 0 Å². The summed E-state index contributed by atoms with van der Waals surface area (Å²) in [4.78, 5) is 0. The molecule has 54 valence electrons. The second-order valence-corrected chi connectivity index (χ2v) is 5.82. The van der Waals surface area contributed by atoms with Crippen molar-refractivity contribution in [3.8, 4) is 0 Å². The Bertz CT molecular complexity index is 81.0. The molecule has 0 bridgehead atoms. The number of ether oxygens (including phenoxy) is 1.